The highest BCUT2D eigenvalue weighted by molar-refractivity contribution is 7.92. The van der Waals surface area contributed by atoms with Gasteiger partial charge in [0.2, 0.25) is 0 Å². The van der Waals surface area contributed by atoms with E-state index >= 15 is 0 Å². The molecule has 1 aliphatic carbocycles. The molecule has 1 atom stereocenters. The topological polar surface area (TPSA) is 84.5 Å². The second kappa shape index (κ2) is 7.78. The van der Waals surface area contributed by atoms with Gasteiger partial charge in [0.05, 0.1) is 17.7 Å². The molecular formula is C19H21ClN2O4S. The van der Waals surface area contributed by atoms with Gasteiger partial charge in [-0.05, 0) is 62.1 Å². The van der Waals surface area contributed by atoms with Crippen LogP contribution in [0.2, 0.25) is 5.02 Å². The Kier molecular flexibility index (Phi) is 5.62. The van der Waals surface area contributed by atoms with Gasteiger partial charge in [0.1, 0.15) is 5.75 Å². The number of sulfonamides is 1. The Morgan fingerprint density at radius 2 is 1.96 bits per heavy atom. The van der Waals surface area contributed by atoms with Gasteiger partial charge in [0.25, 0.3) is 15.9 Å². The summed E-state index contributed by atoms with van der Waals surface area (Å²) in [7, 11) is -2.48. The van der Waals surface area contributed by atoms with Crippen LogP contribution >= 0.6 is 11.6 Å². The largest absolute Gasteiger partial charge is 0.495 e. The van der Waals surface area contributed by atoms with E-state index in [4.69, 9.17) is 16.3 Å². The fraction of sp³-hybridized carbons (Fsp3) is 0.316. The second-order valence-corrected chi connectivity index (χ2v) is 8.70. The summed E-state index contributed by atoms with van der Waals surface area (Å²) < 4.78 is 33.1. The molecule has 1 saturated carbocycles. The molecule has 1 fully saturated rings. The van der Waals surface area contributed by atoms with E-state index in [-0.39, 0.29) is 22.5 Å². The highest BCUT2D eigenvalue weighted by atomic mass is 35.5. The number of carbonyl (C=O) groups is 1. The lowest BCUT2D eigenvalue weighted by atomic mass is 10.1. The van der Waals surface area contributed by atoms with Gasteiger partial charge >= 0.3 is 0 Å². The van der Waals surface area contributed by atoms with E-state index in [0.717, 1.165) is 12.8 Å². The summed E-state index contributed by atoms with van der Waals surface area (Å²) in [6.45, 7) is 1.96. The number of benzene rings is 2. The molecule has 27 heavy (non-hydrogen) atoms. The summed E-state index contributed by atoms with van der Waals surface area (Å²) in [5.41, 5.74) is 0.519. The zero-order valence-electron chi connectivity index (χ0n) is 15.0. The van der Waals surface area contributed by atoms with Gasteiger partial charge in [-0.15, -0.1) is 0 Å². The van der Waals surface area contributed by atoms with Crippen molar-refractivity contribution in [3.63, 3.8) is 0 Å². The van der Waals surface area contributed by atoms with Gasteiger partial charge in [0.15, 0.2) is 0 Å². The predicted octanol–water partition coefficient (Wildman–Crippen LogP) is 3.68. The SMILES string of the molecule is COc1ccc(Cl)cc1NS(=O)(=O)c1cccc(C(=O)N[C@H](C)C2CC2)c1. The summed E-state index contributed by atoms with van der Waals surface area (Å²) in [4.78, 5) is 12.4. The number of ether oxygens (including phenoxy) is 1. The summed E-state index contributed by atoms with van der Waals surface area (Å²) in [5.74, 6) is 0.569. The van der Waals surface area contributed by atoms with Crippen molar-refractivity contribution in [2.45, 2.75) is 30.7 Å². The van der Waals surface area contributed by atoms with Crippen LogP contribution in [0.5, 0.6) is 5.75 Å². The Hall–Kier alpha value is -2.25. The van der Waals surface area contributed by atoms with Gasteiger partial charge in [0, 0.05) is 16.6 Å². The Morgan fingerprint density at radius 1 is 1.22 bits per heavy atom. The van der Waals surface area contributed by atoms with E-state index in [1.54, 1.807) is 24.3 Å². The fourth-order valence-electron chi connectivity index (χ4n) is 2.77. The average Bonchev–Trinajstić information content (AvgIpc) is 3.47. The van der Waals surface area contributed by atoms with E-state index in [1.165, 1.54) is 25.3 Å². The standard InChI is InChI=1S/C19H21ClN2O4S/c1-12(13-6-7-13)21-19(23)14-4-3-5-16(10-14)27(24,25)22-17-11-15(20)8-9-18(17)26-2/h3-5,8-13,22H,6-7H2,1-2H3,(H,21,23)/t12-/m1/s1. The van der Waals surface area contributed by atoms with Crippen LogP contribution in [-0.2, 0) is 10.0 Å². The van der Waals surface area contributed by atoms with Crippen molar-refractivity contribution in [3.05, 3.63) is 53.1 Å². The zero-order valence-corrected chi connectivity index (χ0v) is 16.6. The normalized spacial score (nSPS) is 15.1. The van der Waals surface area contributed by atoms with E-state index in [2.05, 4.69) is 10.0 Å². The first-order chi connectivity index (χ1) is 12.8. The van der Waals surface area contributed by atoms with E-state index in [1.807, 2.05) is 6.92 Å². The number of hydrogen-bond acceptors (Lipinski definition) is 4. The summed E-state index contributed by atoms with van der Waals surface area (Å²) >= 11 is 5.95. The van der Waals surface area contributed by atoms with Crippen molar-refractivity contribution < 1.29 is 17.9 Å². The molecular weight excluding hydrogens is 388 g/mol. The van der Waals surface area contributed by atoms with Crippen LogP contribution < -0.4 is 14.8 Å². The average molecular weight is 409 g/mol. The Bertz CT molecular complexity index is 958. The highest BCUT2D eigenvalue weighted by Crippen LogP contribution is 2.32. The Labute approximate surface area is 163 Å². The number of methoxy groups -OCH3 is 1. The van der Waals surface area contributed by atoms with Crippen LogP contribution in [-0.4, -0.2) is 27.5 Å². The number of hydrogen-bond donors (Lipinski definition) is 2. The molecule has 2 aromatic rings. The summed E-state index contributed by atoms with van der Waals surface area (Å²) in [5, 5.41) is 3.29. The maximum absolute atomic E-state index is 12.8. The molecule has 3 rings (SSSR count). The van der Waals surface area contributed by atoms with Crippen molar-refractivity contribution in [2.24, 2.45) is 5.92 Å². The summed E-state index contributed by atoms with van der Waals surface area (Å²) in [6.07, 6.45) is 2.22. The second-order valence-electron chi connectivity index (χ2n) is 6.58. The third-order valence-electron chi connectivity index (χ3n) is 4.50. The predicted molar refractivity (Wildman–Crippen MR) is 105 cm³/mol. The number of amides is 1. The molecule has 0 heterocycles. The Morgan fingerprint density at radius 3 is 2.63 bits per heavy atom. The molecule has 0 aromatic heterocycles. The van der Waals surface area contributed by atoms with Crippen LogP contribution in [0.4, 0.5) is 5.69 Å². The van der Waals surface area contributed by atoms with Gasteiger partial charge in [-0.1, -0.05) is 17.7 Å². The van der Waals surface area contributed by atoms with Crippen LogP contribution in [0.3, 0.4) is 0 Å². The molecule has 0 unspecified atom stereocenters. The van der Waals surface area contributed by atoms with E-state index in [9.17, 15) is 13.2 Å². The maximum Gasteiger partial charge on any atom is 0.262 e. The molecule has 1 aliphatic rings. The highest BCUT2D eigenvalue weighted by Gasteiger charge is 2.29. The smallest absolute Gasteiger partial charge is 0.262 e. The molecule has 144 valence electrons. The fourth-order valence-corrected chi connectivity index (χ4v) is 4.05. The van der Waals surface area contributed by atoms with Crippen molar-refractivity contribution in [2.75, 3.05) is 11.8 Å². The minimum atomic E-state index is -3.92. The third-order valence-corrected chi connectivity index (χ3v) is 6.10. The van der Waals surface area contributed by atoms with Crippen molar-refractivity contribution in [1.29, 1.82) is 0 Å². The molecule has 0 aliphatic heterocycles. The molecule has 2 aromatic carbocycles. The number of carbonyl (C=O) groups excluding carboxylic acids is 1. The number of halogens is 1. The quantitative estimate of drug-likeness (QED) is 0.731. The van der Waals surface area contributed by atoms with Gasteiger partial charge in [-0.2, -0.15) is 0 Å². The number of nitrogens with one attached hydrogen (secondary N) is 2. The molecule has 0 radical (unpaired) electrons. The van der Waals surface area contributed by atoms with Gasteiger partial charge in [-0.3, -0.25) is 9.52 Å². The molecule has 0 spiro atoms. The van der Waals surface area contributed by atoms with E-state index < -0.39 is 10.0 Å². The van der Waals surface area contributed by atoms with Crippen molar-refractivity contribution in [1.82, 2.24) is 5.32 Å². The third kappa shape index (κ3) is 4.73. The zero-order chi connectivity index (χ0) is 19.6. The lowest BCUT2D eigenvalue weighted by Crippen LogP contribution is -2.34. The Balaban J connectivity index is 1.82. The monoisotopic (exact) mass is 408 g/mol. The van der Waals surface area contributed by atoms with Gasteiger partial charge in [-0.25, -0.2) is 8.42 Å². The molecule has 8 heteroatoms. The number of anilines is 1. The molecule has 1 amide bonds. The first-order valence-electron chi connectivity index (χ1n) is 8.57. The van der Waals surface area contributed by atoms with Crippen LogP contribution in [0, 0.1) is 5.92 Å². The van der Waals surface area contributed by atoms with Crippen LogP contribution in [0.1, 0.15) is 30.1 Å². The van der Waals surface area contributed by atoms with Crippen molar-refractivity contribution in [3.8, 4) is 5.75 Å². The molecule has 2 N–H and O–H groups in total. The van der Waals surface area contributed by atoms with Crippen LogP contribution in [0.25, 0.3) is 0 Å². The van der Waals surface area contributed by atoms with E-state index in [0.29, 0.717) is 22.3 Å². The van der Waals surface area contributed by atoms with Gasteiger partial charge < -0.3 is 10.1 Å². The number of rotatable bonds is 7. The first kappa shape index (κ1) is 19.5. The molecule has 0 bridgehead atoms. The first-order valence-corrected chi connectivity index (χ1v) is 10.4. The molecule has 6 nitrogen and oxygen atoms in total. The minimum Gasteiger partial charge on any atom is -0.495 e. The maximum atomic E-state index is 12.8. The lowest BCUT2D eigenvalue weighted by molar-refractivity contribution is 0.0935. The van der Waals surface area contributed by atoms with Crippen LogP contribution in [0.15, 0.2) is 47.4 Å². The van der Waals surface area contributed by atoms with Crippen molar-refractivity contribution >= 4 is 33.2 Å². The molecule has 0 saturated heterocycles. The minimum absolute atomic E-state index is 0.0174. The lowest BCUT2D eigenvalue weighted by Gasteiger charge is -2.14. The summed E-state index contributed by atoms with van der Waals surface area (Å²) in [6, 6.07) is 10.6.